The summed E-state index contributed by atoms with van der Waals surface area (Å²) < 4.78 is 80.6. The maximum atomic E-state index is 14.0. The normalized spacial score (nSPS) is 18.7. The number of nitrogens with two attached hydrogens (primary N) is 2. The van der Waals surface area contributed by atoms with E-state index in [2.05, 4.69) is 30.5 Å². The average Bonchev–Trinajstić information content (AvgIpc) is 3.11. The smallest absolute Gasteiger partial charge is 0.397 e. The summed E-state index contributed by atoms with van der Waals surface area (Å²) >= 11 is 0. The van der Waals surface area contributed by atoms with Crippen LogP contribution in [0.25, 0.3) is 0 Å². The van der Waals surface area contributed by atoms with Gasteiger partial charge in [0.15, 0.2) is 6.17 Å². The number of fused-ring (bicyclic) bond motifs is 1. The lowest BCUT2D eigenvalue weighted by Gasteiger charge is -2.33. The first-order chi connectivity index (χ1) is 19.2. The number of likely N-dealkylation sites (N-methyl/N-ethyl adjacent to an activating group) is 2. The van der Waals surface area contributed by atoms with Crippen LogP contribution in [0.15, 0.2) is 75.2 Å². The van der Waals surface area contributed by atoms with Gasteiger partial charge in [0, 0.05) is 44.7 Å². The molecule has 0 aromatic carbocycles. The minimum absolute atomic E-state index is 0.00349. The van der Waals surface area contributed by atoms with Crippen LogP contribution in [0.4, 0.5) is 32.2 Å². The number of pyridine rings is 1. The molecule has 0 saturated carbocycles. The maximum Gasteiger partial charge on any atom is 0.418 e. The van der Waals surface area contributed by atoms with Crippen LogP contribution >= 0.6 is 0 Å². The van der Waals surface area contributed by atoms with Gasteiger partial charge < -0.3 is 31.9 Å². The highest BCUT2D eigenvalue weighted by Gasteiger charge is 2.38. The van der Waals surface area contributed by atoms with Crippen LogP contribution in [-0.4, -0.2) is 72.3 Å². The molecular formula is C26H33F6N9. The van der Waals surface area contributed by atoms with E-state index >= 15 is 0 Å². The van der Waals surface area contributed by atoms with Crippen molar-refractivity contribution in [2.75, 3.05) is 38.5 Å². The molecule has 15 heteroatoms. The van der Waals surface area contributed by atoms with Crippen LogP contribution in [0.3, 0.4) is 0 Å². The third-order valence-electron chi connectivity index (χ3n) is 6.47. The Bertz CT molecular complexity index is 1250. The fraction of sp³-hybridized carbons (Fsp3) is 0.423. The van der Waals surface area contributed by atoms with Crippen molar-refractivity contribution in [2.24, 2.45) is 21.5 Å². The lowest BCUT2D eigenvalue weighted by Crippen LogP contribution is -2.41. The number of anilines is 1. The summed E-state index contributed by atoms with van der Waals surface area (Å²) in [4.78, 5) is 16.1. The summed E-state index contributed by atoms with van der Waals surface area (Å²) in [7, 11) is 1.54. The zero-order valence-electron chi connectivity index (χ0n) is 22.8. The second kappa shape index (κ2) is 13.1. The summed E-state index contributed by atoms with van der Waals surface area (Å²) in [5.41, 5.74) is 10.3. The first-order valence-electron chi connectivity index (χ1n) is 12.8. The third kappa shape index (κ3) is 8.25. The molecule has 224 valence electrons. The standard InChI is InChI=1S/C26H33F6N9/c1-4-41(5-2)11-10-35-21(33)13-18(26(30,31)32)23(34)20-15-37-19-12-17(8-9-36-24(19)40(20)3)39-22-7-6-16(14-38-22)25(27,28)29/h6-9,13-15,24,35H,4-5,10-12,33-34H2,1-3H3,(H,38,39)/b21-13+,23-18+. The molecule has 3 heterocycles. The van der Waals surface area contributed by atoms with Crippen LogP contribution in [0.1, 0.15) is 25.8 Å². The van der Waals surface area contributed by atoms with Crippen molar-refractivity contribution in [1.82, 2.24) is 20.1 Å². The van der Waals surface area contributed by atoms with E-state index in [-0.39, 0.29) is 23.8 Å². The van der Waals surface area contributed by atoms with Gasteiger partial charge >= 0.3 is 12.4 Å². The predicted octanol–water partition coefficient (Wildman–Crippen LogP) is 3.93. The fourth-order valence-corrected chi connectivity index (χ4v) is 4.15. The molecule has 6 N–H and O–H groups in total. The topological polar surface area (TPSA) is 120 Å². The molecule has 0 saturated heterocycles. The highest BCUT2D eigenvalue weighted by Crippen LogP contribution is 2.33. The fourth-order valence-electron chi connectivity index (χ4n) is 4.15. The van der Waals surface area contributed by atoms with E-state index in [0.29, 0.717) is 30.7 Å². The van der Waals surface area contributed by atoms with Crippen molar-refractivity contribution in [3.05, 3.63) is 70.7 Å². The molecular weight excluding hydrogens is 552 g/mol. The van der Waals surface area contributed by atoms with E-state index in [1.54, 1.807) is 6.08 Å². The number of nitrogens with zero attached hydrogens (tertiary/aromatic N) is 5. The zero-order valence-corrected chi connectivity index (χ0v) is 22.8. The van der Waals surface area contributed by atoms with Crippen LogP contribution < -0.4 is 22.1 Å². The molecule has 9 nitrogen and oxygen atoms in total. The minimum Gasteiger partial charge on any atom is -0.397 e. The number of nitrogens with one attached hydrogen (secondary N) is 2. The number of halogens is 6. The molecule has 1 aromatic rings. The Morgan fingerprint density at radius 2 is 1.85 bits per heavy atom. The molecule has 0 radical (unpaired) electrons. The van der Waals surface area contributed by atoms with E-state index < -0.39 is 35.4 Å². The lowest BCUT2D eigenvalue weighted by atomic mass is 10.1. The lowest BCUT2D eigenvalue weighted by molar-refractivity contribution is -0.137. The van der Waals surface area contributed by atoms with Gasteiger partial charge in [0.05, 0.1) is 40.3 Å². The molecule has 2 aliphatic heterocycles. The molecule has 0 amide bonds. The monoisotopic (exact) mass is 585 g/mol. The zero-order chi connectivity index (χ0) is 30.4. The minimum atomic E-state index is -4.80. The van der Waals surface area contributed by atoms with E-state index in [0.717, 1.165) is 25.2 Å². The summed E-state index contributed by atoms with van der Waals surface area (Å²) in [5, 5.41) is 5.72. The molecule has 0 fully saturated rings. The molecule has 41 heavy (non-hydrogen) atoms. The molecule has 0 bridgehead atoms. The molecule has 2 aliphatic rings. The van der Waals surface area contributed by atoms with Crippen LogP contribution in [0.2, 0.25) is 0 Å². The molecule has 3 rings (SSSR count). The Balaban J connectivity index is 1.81. The molecule has 0 aliphatic carbocycles. The Morgan fingerprint density at radius 1 is 1.15 bits per heavy atom. The average molecular weight is 586 g/mol. The number of hydrogen-bond donors (Lipinski definition) is 4. The van der Waals surface area contributed by atoms with Crippen molar-refractivity contribution >= 4 is 17.7 Å². The number of aliphatic imine (C=N–C) groups is 2. The van der Waals surface area contributed by atoms with Gasteiger partial charge in [0.1, 0.15) is 5.82 Å². The van der Waals surface area contributed by atoms with E-state index in [4.69, 9.17) is 11.5 Å². The Morgan fingerprint density at radius 3 is 2.44 bits per heavy atom. The van der Waals surface area contributed by atoms with Crippen molar-refractivity contribution < 1.29 is 26.3 Å². The van der Waals surface area contributed by atoms with Crippen molar-refractivity contribution in [3.8, 4) is 0 Å². The van der Waals surface area contributed by atoms with Gasteiger partial charge in [-0.1, -0.05) is 13.8 Å². The Kier molecular flexibility index (Phi) is 10.1. The van der Waals surface area contributed by atoms with Gasteiger partial charge in [-0.05, 0) is 37.4 Å². The van der Waals surface area contributed by atoms with Crippen LogP contribution in [-0.2, 0) is 6.18 Å². The van der Waals surface area contributed by atoms with Gasteiger partial charge in [-0.3, -0.25) is 9.98 Å². The number of rotatable bonds is 10. The number of hydrogen-bond acceptors (Lipinski definition) is 9. The summed E-state index contributed by atoms with van der Waals surface area (Å²) in [5.74, 6) is -0.00543. The molecule has 0 spiro atoms. The molecule has 1 atom stereocenters. The van der Waals surface area contributed by atoms with E-state index in [1.165, 1.54) is 30.4 Å². The largest absolute Gasteiger partial charge is 0.418 e. The number of alkyl halides is 6. The summed E-state index contributed by atoms with van der Waals surface area (Å²) in [6, 6.07) is 2.09. The first kappa shape index (κ1) is 31.5. The molecule has 1 unspecified atom stereocenters. The Hall–Kier alpha value is -4.01. The van der Waals surface area contributed by atoms with Gasteiger partial charge in [-0.2, -0.15) is 26.3 Å². The Labute approximate surface area is 234 Å². The van der Waals surface area contributed by atoms with Crippen LogP contribution in [0, 0.1) is 0 Å². The van der Waals surface area contributed by atoms with E-state index in [9.17, 15) is 26.3 Å². The third-order valence-corrected chi connectivity index (χ3v) is 6.47. The molecule has 1 aromatic heterocycles. The van der Waals surface area contributed by atoms with Crippen molar-refractivity contribution in [1.29, 1.82) is 0 Å². The number of aromatic nitrogens is 1. The van der Waals surface area contributed by atoms with Gasteiger partial charge in [-0.15, -0.1) is 0 Å². The first-order valence-corrected chi connectivity index (χ1v) is 12.8. The quantitative estimate of drug-likeness (QED) is 0.243. The number of allylic oxidation sites excluding steroid dienone is 4. The van der Waals surface area contributed by atoms with Crippen LogP contribution in [0.5, 0.6) is 0 Å². The summed E-state index contributed by atoms with van der Waals surface area (Å²) in [6.07, 6.45) is -4.18. The van der Waals surface area contributed by atoms with Crippen molar-refractivity contribution in [3.63, 3.8) is 0 Å². The second-order valence-corrected chi connectivity index (χ2v) is 9.22. The highest BCUT2D eigenvalue weighted by molar-refractivity contribution is 5.96. The van der Waals surface area contributed by atoms with Crippen molar-refractivity contribution in [2.45, 2.75) is 38.8 Å². The predicted molar refractivity (Wildman–Crippen MR) is 146 cm³/mol. The highest BCUT2D eigenvalue weighted by atomic mass is 19.4. The van der Waals surface area contributed by atoms with Gasteiger partial charge in [0.2, 0.25) is 0 Å². The second-order valence-electron chi connectivity index (χ2n) is 9.22. The maximum absolute atomic E-state index is 14.0. The van der Waals surface area contributed by atoms with E-state index in [1.807, 2.05) is 13.8 Å². The summed E-state index contributed by atoms with van der Waals surface area (Å²) in [6.45, 7) is 6.53. The van der Waals surface area contributed by atoms with Gasteiger partial charge in [0.25, 0.3) is 0 Å². The SMILES string of the molecule is CCN(CC)CCN/C(N)=C/C(=C(\N)C1=CN=C2CC(Nc3ccc(C(F)(F)F)cn3)=CC=NC2N1C)C(F)(F)F. The van der Waals surface area contributed by atoms with Gasteiger partial charge in [-0.25, -0.2) is 4.98 Å².